The first kappa shape index (κ1) is 9.85. The highest BCUT2D eigenvalue weighted by Crippen LogP contribution is 2.15. The van der Waals surface area contributed by atoms with Gasteiger partial charge in [-0.3, -0.25) is 14.5 Å². The van der Waals surface area contributed by atoms with Gasteiger partial charge in [0.15, 0.2) is 5.78 Å². The van der Waals surface area contributed by atoms with Gasteiger partial charge in [0, 0.05) is 24.5 Å². The number of nitrogens with zero attached hydrogens (tertiary/aromatic N) is 3. The first-order valence-electron chi connectivity index (χ1n) is 4.36. The Morgan fingerprint density at radius 2 is 2.40 bits per heavy atom. The van der Waals surface area contributed by atoms with Crippen LogP contribution in [0.2, 0.25) is 0 Å². The lowest BCUT2D eigenvalue weighted by Crippen LogP contribution is -2.06. The number of nitrogen functional groups attached to an aromatic ring is 1. The molecule has 6 heteroatoms. The van der Waals surface area contributed by atoms with Gasteiger partial charge in [0.2, 0.25) is 0 Å². The molecule has 0 atom stereocenters. The number of hydrogen-bond acceptors (Lipinski definition) is 5. The van der Waals surface area contributed by atoms with E-state index < -0.39 is 0 Å². The van der Waals surface area contributed by atoms with Gasteiger partial charge in [-0.05, 0) is 0 Å². The second-order valence-electron chi connectivity index (χ2n) is 3.13. The van der Waals surface area contributed by atoms with Crippen molar-refractivity contribution in [2.45, 2.75) is 6.42 Å². The van der Waals surface area contributed by atoms with Crippen molar-refractivity contribution in [1.82, 2.24) is 14.8 Å². The van der Waals surface area contributed by atoms with E-state index in [4.69, 9.17) is 5.73 Å². The molecule has 0 radical (unpaired) electrons. The largest absolute Gasteiger partial charge is 0.383 e. The Labute approximate surface area is 90.6 Å². The van der Waals surface area contributed by atoms with Gasteiger partial charge in [-0.15, -0.1) is 11.3 Å². The lowest BCUT2D eigenvalue weighted by molar-refractivity contribution is 0.0994. The number of nitrogens with two attached hydrogens (primary N) is 1. The zero-order valence-corrected chi connectivity index (χ0v) is 8.99. The average molecular weight is 222 g/mol. The molecule has 15 heavy (non-hydrogen) atoms. The van der Waals surface area contributed by atoms with Gasteiger partial charge in [0.25, 0.3) is 0 Å². The summed E-state index contributed by atoms with van der Waals surface area (Å²) in [6.45, 7) is 0. The minimum absolute atomic E-state index is 0.0233. The van der Waals surface area contributed by atoms with Gasteiger partial charge in [0.05, 0.1) is 17.3 Å². The first-order valence-corrected chi connectivity index (χ1v) is 5.24. The molecule has 0 aliphatic carbocycles. The van der Waals surface area contributed by atoms with E-state index in [-0.39, 0.29) is 5.78 Å². The molecule has 0 saturated carbocycles. The van der Waals surface area contributed by atoms with Crippen LogP contribution in [0, 0.1) is 0 Å². The second kappa shape index (κ2) is 3.82. The first-order chi connectivity index (χ1) is 7.18. The van der Waals surface area contributed by atoms with Crippen LogP contribution in [-0.2, 0) is 13.5 Å². The standard InChI is InChI=1S/C9H10N4OS/c1-13-9(10)7(4-12-13)8(14)2-6-3-11-5-15-6/h3-5H,2,10H2,1H3. The number of Topliss-reactive ketones (excluding diaryl/α,β-unsaturated/α-hetero) is 1. The normalized spacial score (nSPS) is 10.5. The SMILES string of the molecule is Cn1ncc(C(=O)Cc2cncs2)c1N. The van der Waals surface area contributed by atoms with Crippen LogP contribution in [0.25, 0.3) is 0 Å². The summed E-state index contributed by atoms with van der Waals surface area (Å²) in [6.07, 6.45) is 3.52. The van der Waals surface area contributed by atoms with E-state index in [2.05, 4.69) is 10.1 Å². The second-order valence-corrected chi connectivity index (χ2v) is 4.11. The number of thiazole rings is 1. The van der Waals surface area contributed by atoms with Gasteiger partial charge in [-0.25, -0.2) is 0 Å². The summed E-state index contributed by atoms with van der Waals surface area (Å²) in [5.41, 5.74) is 7.88. The highest BCUT2D eigenvalue weighted by molar-refractivity contribution is 7.09. The molecule has 0 amide bonds. The summed E-state index contributed by atoms with van der Waals surface area (Å²) >= 11 is 1.46. The van der Waals surface area contributed by atoms with Crippen LogP contribution >= 0.6 is 11.3 Å². The topological polar surface area (TPSA) is 73.8 Å². The molecule has 2 N–H and O–H groups in total. The Balaban J connectivity index is 2.19. The van der Waals surface area contributed by atoms with Crippen molar-refractivity contribution < 1.29 is 4.79 Å². The lowest BCUT2D eigenvalue weighted by Gasteiger charge is -1.97. The summed E-state index contributed by atoms with van der Waals surface area (Å²) in [5, 5.41) is 3.93. The van der Waals surface area contributed by atoms with E-state index >= 15 is 0 Å². The molecule has 2 rings (SSSR count). The smallest absolute Gasteiger partial charge is 0.173 e. The van der Waals surface area contributed by atoms with E-state index in [9.17, 15) is 4.79 Å². The number of aromatic nitrogens is 3. The van der Waals surface area contributed by atoms with Crippen LogP contribution in [0.15, 0.2) is 17.9 Å². The van der Waals surface area contributed by atoms with E-state index in [0.717, 1.165) is 4.88 Å². The van der Waals surface area contributed by atoms with E-state index in [1.54, 1.807) is 18.8 Å². The predicted molar refractivity (Wildman–Crippen MR) is 57.8 cm³/mol. The zero-order chi connectivity index (χ0) is 10.8. The quantitative estimate of drug-likeness (QED) is 0.782. The lowest BCUT2D eigenvalue weighted by atomic mass is 10.1. The maximum absolute atomic E-state index is 11.8. The maximum atomic E-state index is 11.8. The highest BCUT2D eigenvalue weighted by atomic mass is 32.1. The number of hydrogen-bond donors (Lipinski definition) is 1. The van der Waals surface area contributed by atoms with Gasteiger partial charge >= 0.3 is 0 Å². The Morgan fingerprint density at radius 3 is 2.93 bits per heavy atom. The van der Waals surface area contributed by atoms with Crippen molar-refractivity contribution in [2.24, 2.45) is 7.05 Å². The minimum Gasteiger partial charge on any atom is -0.383 e. The molecule has 0 fully saturated rings. The monoisotopic (exact) mass is 222 g/mol. The number of anilines is 1. The van der Waals surface area contributed by atoms with Crippen LogP contribution in [0.3, 0.4) is 0 Å². The third kappa shape index (κ3) is 1.89. The van der Waals surface area contributed by atoms with Crippen molar-refractivity contribution in [3.63, 3.8) is 0 Å². The van der Waals surface area contributed by atoms with Crippen LogP contribution in [-0.4, -0.2) is 20.5 Å². The molecule has 2 aromatic rings. The van der Waals surface area contributed by atoms with Crippen molar-refractivity contribution in [1.29, 1.82) is 0 Å². The average Bonchev–Trinajstić information content (AvgIpc) is 2.79. The fourth-order valence-electron chi connectivity index (χ4n) is 1.24. The number of carbonyl (C=O) groups excluding carboxylic acids is 1. The molecule has 0 aliphatic heterocycles. The third-order valence-corrected chi connectivity index (χ3v) is 2.88. The number of carbonyl (C=O) groups is 1. The Hall–Kier alpha value is -1.69. The molecule has 2 aromatic heterocycles. The molecule has 2 heterocycles. The third-order valence-electron chi connectivity index (χ3n) is 2.10. The summed E-state index contributed by atoms with van der Waals surface area (Å²) in [7, 11) is 1.71. The molecule has 0 spiro atoms. The summed E-state index contributed by atoms with van der Waals surface area (Å²) in [5.74, 6) is 0.384. The van der Waals surface area contributed by atoms with Crippen molar-refractivity contribution in [2.75, 3.05) is 5.73 Å². The number of rotatable bonds is 3. The molecule has 5 nitrogen and oxygen atoms in total. The van der Waals surface area contributed by atoms with Crippen LogP contribution < -0.4 is 5.73 Å². The highest BCUT2D eigenvalue weighted by Gasteiger charge is 2.14. The van der Waals surface area contributed by atoms with Gasteiger partial charge in [0.1, 0.15) is 5.82 Å². The summed E-state index contributed by atoms with van der Waals surface area (Å²) in [6, 6.07) is 0. The predicted octanol–water partition coefficient (Wildman–Crippen LogP) is 0.884. The van der Waals surface area contributed by atoms with Gasteiger partial charge < -0.3 is 5.73 Å². The molecular formula is C9H10N4OS. The molecule has 0 saturated heterocycles. The molecule has 0 aliphatic rings. The van der Waals surface area contributed by atoms with Crippen molar-refractivity contribution in [3.8, 4) is 0 Å². The van der Waals surface area contributed by atoms with Gasteiger partial charge in [-0.1, -0.05) is 0 Å². The zero-order valence-electron chi connectivity index (χ0n) is 8.17. The Kier molecular flexibility index (Phi) is 2.51. The molecule has 78 valence electrons. The van der Waals surface area contributed by atoms with Crippen LogP contribution in [0.5, 0.6) is 0 Å². The summed E-state index contributed by atoms with van der Waals surface area (Å²) in [4.78, 5) is 16.6. The number of ketones is 1. The van der Waals surface area contributed by atoms with E-state index in [1.807, 2.05) is 0 Å². The van der Waals surface area contributed by atoms with E-state index in [0.29, 0.717) is 17.8 Å². The molecule has 0 aromatic carbocycles. The Morgan fingerprint density at radius 1 is 1.60 bits per heavy atom. The van der Waals surface area contributed by atoms with Crippen molar-refractivity contribution >= 4 is 22.9 Å². The van der Waals surface area contributed by atoms with Crippen LogP contribution in [0.4, 0.5) is 5.82 Å². The Bertz CT molecular complexity index is 474. The summed E-state index contributed by atoms with van der Waals surface area (Å²) < 4.78 is 1.49. The fraction of sp³-hybridized carbons (Fsp3) is 0.222. The maximum Gasteiger partial charge on any atom is 0.173 e. The number of aryl methyl sites for hydroxylation is 1. The van der Waals surface area contributed by atoms with Gasteiger partial charge in [-0.2, -0.15) is 5.10 Å². The molecule has 0 unspecified atom stereocenters. The minimum atomic E-state index is -0.0233. The van der Waals surface area contributed by atoms with E-state index in [1.165, 1.54) is 22.2 Å². The molecular weight excluding hydrogens is 212 g/mol. The molecule has 0 bridgehead atoms. The fourth-order valence-corrected chi connectivity index (χ4v) is 1.84. The van der Waals surface area contributed by atoms with Crippen LogP contribution in [0.1, 0.15) is 15.2 Å². The van der Waals surface area contributed by atoms with Crippen molar-refractivity contribution in [3.05, 3.63) is 28.3 Å².